The van der Waals surface area contributed by atoms with Crippen molar-refractivity contribution in [3.05, 3.63) is 59.2 Å². The second-order valence-electron chi connectivity index (χ2n) is 7.62. The summed E-state index contributed by atoms with van der Waals surface area (Å²) >= 11 is 0. The van der Waals surface area contributed by atoms with Gasteiger partial charge in [0.15, 0.2) is 0 Å². The molecule has 0 aliphatic carbocycles. The van der Waals surface area contributed by atoms with Gasteiger partial charge in [-0.05, 0) is 42.2 Å². The molecule has 7 nitrogen and oxygen atoms in total. The number of benzene rings is 2. The topological polar surface area (TPSA) is 84.9 Å². The highest BCUT2D eigenvalue weighted by Gasteiger charge is 2.29. The Morgan fingerprint density at radius 2 is 1.71 bits per heavy atom. The summed E-state index contributed by atoms with van der Waals surface area (Å²) in [5.74, 6) is -0.0971. The maximum absolute atomic E-state index is 13.3. The highest BCUT2D eigenvalue weighted by Crippen LogP contribution is 2.29. The predicted molar refractivity (Wildman–Crippen MR) is 119 cm³/mol. The van der Waals surface area contributed by atoms with Crippen molar-refractivity contribution in [2.24, 2.45) is 0 Å². The number of nitrogens with zero attached hydrogens (tertiary/aromatic N) is 1. The number of methoxy groups -OCH3 is 2. The fourth-order valence-corrected chi connectivity index (χ4v) is 5.42. The minimum Gasteiger partial charge on any atom is -0.495 e. The lowest BCUT2D eigenvalue weighted by Gasteiger charge is -2.21. The number of carbonyl (C=O) groups is 1. The molecule has 1 aliphatic heterocycles. The summed E-state index contributed by atoms with van der Waals surface area (Å²) in [4.78, 5) is 12.8. The zero-order valence-corrected chi connectivity index (χ0v) is 18.9. The van der Waals surface area contributed by atoms with Crippen LogP contribution in [-0.4, -0.2) is 45.9 Å². The maximum Gasteiger partial charge on any atom is 0.251 e. The van der Waals surface area contributed by atoms with E-state index in [0.717, 1.165) is 36.8 Å². The van der Waals surface area contributed by atoms with E-state index in [4.69, 9.17) is 9.47 Å². The van der Waals surface area contributed by atoms with Gasteiger partial charge < -0.3 is 14.8 Å². The van der Waals surface area contributed by atoms with Crippen LogP contribution in [-0.2, 0) is 27.9 Å². The van der Waals surface area contributed by atoms with Crippen LogP contribution in [0.2, 0.25) is 0 Å². The molecule has 8 heteroatoms. The van der Waals surface area contributed by atoms with E-state index in [-0.39, 0.29) is 22.1 Å². The third-order valence-electron chi connectivity index (χ3n) is 5.36. The first-order chi connectivity index (χ1) is 15.0. The number of rotatable bonds is 8. The maximum atomic E-state index is 13.3. The SMILES string of the molecule is COCc1cccc(CNC(=O)c2ccc(OC)c(S(=O)(=O)N3CCCCCC3)c2)c1. The standard InChI is InChI=1S/C23H30N2O5S/c1-29-17-19-9-7-8-18(14-19)16-24-23(26)20-10-11-21(30-2)22(15-20)31(27,28)25-12-5-3-4-6-13-25/h7-11,14-15H,3-6,12-13,16-17H2,1-2H3,(H,24,26). The summed E-state index contributed by atoms with van der Waals surface area (Å²) < 4.78 is 38.5. The number of sulfonamides is 1. The van der Waals surface area contributed by atoms with E-state index >= 15 is 0 Å². The quantitative estimate of drug-likeness (QED) is 0.672. The molecule has 168 valence electrons. The fourth-order valence-electron chi connectivity index (χ4n) is 3.72. The number of carbonyl (C=O) groups excluding carboxylic acids is 1. The predicted octanol–water partition coefficient (Wildman–Crippen LogP) is 3.34. The molecule has 31 heavy (non-hydrogen) atoms. The second kappa shape index (κ2) is 10.7. The minimum absolute atomic E-state index is 0.0339. The average molecular weight is 447 g/mol. The molecule has 1 saturated heterocycles. The third kappa shape index (κ3) is 5.84. The molecule has 3 rings (SSSR count). The van der Waals surface area contributed by atoms with Crippen LogP contribution >= 0.6 is 0 Å². The van der Waals surface area contributed by atoms with Crippen LogP contribution in [0.3, 0.4) is 0 Å². The van der Waals surface area contributed by atoms with Gasteiger partial charge in [-0.3, -0.25) is 4.79 Å². The van der Waals surface area contributed by atoms with Gasteiger partial charge in [-0.1, -0.05) is 37.1 Å². The van der Waals surface area contributed by atoms with Crippen LogP contribution in [0.15, 0.2) is 47.4 Å². The van der Waals surface area contributed by atoms with Crippen LogP contribution in [0.1, 0.15) is 47.2 Å². The van der Waals surface area contributed by atoms with Crippen molar-refractivity contribution in [3.63, 3.8) is 0 Å². The van der Waals surface area contributed by atoms with Gasteiger partial charge in [0.25, 0.3) is 5.91 Å². The summed E-state index contributed by atoms with van der Waals surface area (Å²) in [6.07, 6.45) is 3.72. The zero-order chi connectivity index (χ0) is 22.3. The molecule has 1 aliphatic rings. The van der Waals surface area contributed by atoms with Crippen molar-refractivity contribution in [3.8, 4) is 5.75 Å². The van der Waals surface area contributed by atoms with Gasteiger partial charge >= 0.3 is 0 Å². The Balaban J connectivity index is 1.79. The zero-order valence-electron chi connectivity index (χ0n) is 18.1. The number of hydrogen-bond acceptors (Lipinski definition) is 5. The van der Waals surface area contributed by atoms with Gasteiger partial charge in [-0.15, -0.1) is 0 Å². The number of hydrogen-bond donors (Lipinski definition) is 1. The summed E-state index contributed by atoms with van der Waals surface area (Å²) in [6, 6.07) is 12.3. The minimum atomic E-state index is -3.75. The number of ether oxygens (including phenoxy) is 2. The Morgan fingerprint density at radius 3 is 2.39 bits per heavy atom. The van der Waals surface area contributed by atoms with Crippen LogP contribution in [0, 0.1) is 0 Å². The van der Waals surface area contributed by atoms with Gasteiger partial charge in [-0.2, -0.15) is 4.31 Å². The molecule has 0 spiro atoms. The smallest absolute Gasteiger partial charge is 0.251 e. The Labute approximate surface area is 184 Å². The van der Waals surface area contributed by atoms with Crippen LogP contribution in [0.4, 0.5) is 0 Å². The van der Waals surface area contributed by atoms with E-state index in [2.05, 4.69) is 5.32 Å². The monoisotopic (exact) mass is 446 g/mol. The van der Waals surface area contributed by atoms with Crippen LogP contribution in [0.25, 0.3) is 0 Å². The molecule has 0 bridgehead atoms. The summed E-state index contributed by atoms with van der Waals surface area (Å²) in [7, 11) is -0.680. The molecule has 0 unspecified atom stereocenters. The normalized spacial score (nSPS) is 15.3. The van der Waals surface area contributed by atoms with Gasteiger partial charge in [0.1, 0.15) is 10.6 Å². The summed E-state index contributed by atoms with van der Waals surface area (Å²) in [5.41, 5.74) is 2.24. The van der Waals surface area contributed by atoms with Crippen LogP contribution < -0.4 is 10.1 Å². The molecular weight excluding hydrogens is 416 g/mol. The molecule has 2 aromatic rings. The van der Waals surface area contributed by atoms with E-state index in [0.29, 0.717) is 26.2 Å². The second-order valence-corrected chi connectivity index (χ2v) is 9.53. The van der Waals surface area contributed by atoms with Gasteiger partial charge in [0.2, 0.25) is 10.0 Å². The first-order valence-electron chi connectivity index (χ1n) is 10.5. The Bertz CT molecular complexity index is 999. The van der Waals surface area contributed by atoms with Crippen molar-refractivity contribution >= 4 is 15.9 Å². The Hall–Kier alpha value is -2.42. The van der Waals surface area contributed by atoms with E-state index in [1.165, 1.54) is 17.5 Å². The van der Waals surface area contributed by atoms with Gasteiger partial charge in [-0.25, -0.2) is 8.42 Å². The van der Waals surface area contributed by atoms with Gasteiger partial charge in [0, 0.05) is 32.3 Å². The van der Waals surface area contributed by atoms with E-state index in [9.17, 15) is 13.2 Å². The molecule has 1 fully saturated rings. The highest BCUT2D eigenvalue weighted by atomic mass is 32.2. The molecule has 0 radical (unpaired) electrons. The largest absolute Gasteiger partial charge is 0.495 e. The van der Waals surface area contributed by atoms with E-state index in [1.807, 2.05) is 24.3 Å². The summed E-state index contributed by atoms with van der Waals surface area (Å²) in [5, 5.41) is 2.86. The van der Waals surface area contributed by atoms with Crippen molar-refractivity contribution in [2.75, 3.05) is 27.3 Å². The first-order valence-corrected chi connectivity index (χ1v) is 11.9. The molecule has 1 amide bonds. The van der Waals surface area contributed by atoms with E-state index in [1.54, 1.807) is 19.2 Å². The molecule has 0 saturated carbocycles. The first kappa shape index (κ1) is 23.2. The molecule has 1 heterocycles. The Morgan fingerprint density at radius 1 is 1.00 bits per heavy atom. The molecule has 0 atom stereocenters. The fraction of sp³-hybridized carbons (Fsp3) is 0.435. The van der Waals surface area contributed by atoms with Crippen molar-refractivity contribution in [2.45, 2.75) is 43.7 Å². The van der Waals surface area contributed by atoms with E-state index < -0.39 is 10.0 Å². The molecule has 2 aromatic carbocycles. The lowest BCUT2D eigenvalue weighted by atomic mass is 10.1. The molecular formula is C23H30N2O5S. The number of nitrogens with one attached hydrogen (secondary N) is 1. The lowest BCUT2D eigenvalue weighted by Crippen LogP contribution is -2.32. The van der Waals surface area contributed by atoms with Crippen molar-refractivity contribution < 1.29 is 22.7 Å². The van der Waals surface area contributed by atoms with Crippen molar-refractivity contribution in [1.29, 1.82) is 0 Å². The Kier molecular flexibility index (Phi) is 8.06. The number of amides is 1. The van der Waals surface area contributed by atoms with Gasteiger partial charge in [0.05, 0.1) is 13.7 Å². The third-order valence-corrected chi connectivity index (χ3v) is 7.28. The van der Waals surface area contributed by atoms with Crippen molar-refractivity contribution in [1.82, 2.24) is 9.62 Å². The lowest BCUT2D eigenvalue weighted by molar-refractivity contribution is 0.0950. The van der Waals surface area contributed by atoms with Crippen LogP contribution in [0.5, 0.6) is 5.75 Å². The highest BCUT2D eigenvalue weighted by molar-refractivity contribution is 7.89. The molecule has 0 aromatic heterocycles. The molecule has 1 N–H and O–H groups in total. The summed E-state index contributed by atoms with van der Waals surface area (Å²) in [6.45, 7) is 1.80. The average Bonchev–Trinajstić information content (AvgIpc) is 3.08.